The fourth-order valence-electron chi connectivity index (χ4n) is 2.12. The van der Waals surface area contributed by atoms with Crippen LogP contribution in [0.1, 0.15) is 18.1 Å². The predicted octanol–water partition coefficient (Wildman–Crippen LogP) is 1.87. The molecule has 0 bridgehead atoms. The first-order valence-electron chi connectivity index (χ1n) is 6.85. The average Bonchev–Trinajstić information content (AvgIpc) is 2.55. The molecule has 0 fully saturated rings. The summed E-state index contributed by atoms with van der Waals surface area (Å²) in [6, 6.07) is 7.79. The maximum Gasteiger partial charge on any atom is 0.344 e. The Bertz CT molecular complexity index is 1000. The van der Waals surface area contributed by atoms with Crippen LogP contribution in [-0.2, 0) is 4.79 Å². The Hall–Kier alpha value is -3.49. The zero-order valence-corrected chi connectivity index (χ0v) is 13.6. The lowest BCUT2D eigenvalue weighted by atomic mass is 9.96. The molecule has 9 heteroatoms. The quantitative estimate of drug-likeness (QED) is 0.753. The summed E-state index contributed by atoms with van der Waals surface area (Å²) in [5.41, 5.74) is 4.91. The van der Waals surface area contributed by atoms with Crippen molar-refractivity contribution in [1.29, 1.82) is 10.5 Å². The number of aromatic nitrogens is 1. The van der Waals surface area contributed by atoms with Crippen molar-refractivity contribution in [1.82, 2.24) is 4.98 Å². The highest BCUT2D eigenvalue weighted by Gasteiger charge is 2.20. The largest absolute Gasteiger partial charge is 0.479 e. The number of carbonyl (C=O) groups is 1. The van der Waals surface area contributed by atoms with Crippen LogP contribution in [0, 0.1) is 22.7 Å². The van der Waals surface area contributed by atoms with Crippen molar-refractivity contribution in [2.45, 2.75) is 13.0 Å². The van der Waals surface area contributed by atoms with Gasteiger partial charge in [0.15, 0.2) is 6.10 Å². The number of aliphatic carboxylic acids is 1. The molecule has 0 aliphatic carbocycles. The summed E-state index contributed by atoms with van der Waals surface area (Å²) in [5, 5.41) is 27.4. The minimum atomic E-state index is -1.17. The zero-order valence-electron chi connectivity index (χ0n) is 12.8. The number of carboxylic acid groups (broad SMARTS) is 1. The highest BCUT2D eigenvalue weighted by molar-refractivity contribution is 6.32. The van der Waals surface area contributed by atoms with Crippen LogP contribution in [0.2, 0.25) is 5.02 Å². The first-order valence-corrected chi connectivity index (χ1v) is 7.23. The molecule has 0 aliphatic heterocycles. The summed E-state index contributed by atoms with van der Waals surface area (Å²) in [6.07, 6.45) is -1.12. The number of pyridine rings is 1. The molecule has 0 spiro atoms. The number of H-pyrrole nitrogens is 1. The monoisotopic (exact) mass is 358 g/mol. The molecule has 0 saturated heterocycles. The molecule has 25 heavy (non-hydrogen) atoms. The first kappa shape index (κ1) is 17.9. The number of nitrogens with zero attached hydrogens (tertiary/aromatic N) is 2. The molecule has 2 aromatic rings. The number of hydrogen-bond acceptors (Lipinski definition) is 6. The van der Waals surface area contributed by atoms with Gasteiger partial charge in [0.1, 0.15) is 34.8 Å². The van der Waals surface area contributed by atoms with E-state index in [0.29, 0.717) is 5.56 Å². The summed E-state index contributed by atoms with van der Waals surface area (Å²) in [4.78, 5) is 25.0. The number of ether oxygens (including phenoxy) is 1. The Balaban J connectivity index is 2.64. The van der Waals surface area contributed by atoms with Crippen molar-refractivity contribution in [2.24, 2.45) is 0 Å². The maximum atomic E-state index is 11.9. The van der Waals surface area contributed by atoms with E-state index in [9.17, 15) is 20.1 Å². The third kappa shape index (κ3) is 3.39. The number of carboxylic acids is 1. The average molecular weight is 359 g/mol. The molecular formula is C16H11ClN4O4. The molecule has 1 aromatic heterocycles. The summed E-state index contributed by atoms with van der Waals surface area (Å²) >= 11 is 6.10. The van der Waals surface area contributed by atoms with E-state index < -0.39 is 17.6 Å². The van der Waals surface area contributed by atoms with E-state index in [1.807, 2.05) is 6.07 Å². The normalized spacial score (nSPS) is 11.2. The molecule has 8 nitrogen and oxygen atoms in total. The van der Waals surface area contributed by atoms with E-state index in [2.05, 4.69) is 4.98 Å². The zero-order chi connectivity index (χ0) is 18.7. The number of halogens is 1. The van der Waals surface area contributed by atoms with E-state index >= 15 is 0 Å². The van der Waals surface area contributed by atoms with Crippen LogP contribution in [0.25, 0.3) is 11.1 Å². The Morgan fingerprint density at radius 1 is 1.36 bits per heavy atom. The van der Waals surface area contributed by atoms with Gasteiger partial charge < -0.3 is 20.6 Å². The molecule has 1 unspecified atom stereocenters. The third-order valence-electron chi connectivity index (χ3n) is 3.34. The van der Waals surface area contributed by atoms with Gasteiger partial charge in [-0.2, -0.15) is 10.5 Å². The van der Waals surface area contributed by atoms with E-state index in [-0.39, 0.29) is 33.3 Å². The van der Waals surface area contributed by atoms with E-state index in [1.54, 1.807) is 6.07 Å². The van der Waals surface area contributed by atoms with Gasteiger partial charge in [0, 0.05) is 5.56 Å². The number of aromatic amines is 1. The number of nitrogens with two attached hydrogens (primary N) is 1. The van der Waals surface area contributed by atoms with Gasteiger partial charge in [-0.3, -0.25) is 4.79 Å². The molecule has 126 valence electrons. The molecule has 0 amide bonds. The van der Waals surface area contributed by atoms with E-state index in [4.69, 9.17) is 27.2 Å². The van der Waals surface area contributed by atoms with Gasteiger partial charge in [0.25, 0.3) is 5.56 Å². The van der Waals surface area contributed by atoms with Gasteiger partial charge in [0.05, 0.1) is 5.02 Å². The van der Waals surface area contributed by atoms with Crippen LogP contribution < -0.4 is 16.0 Å². The van der Waals surface area contributed by atoms with Crippen LogP contribution in [-0.4, -0.2) is 22.2 Å². The summed E-state index contributed by atoms with van der Waals surface area (Å²) in [7, 11) is 0. The van der Waals surface area contributed by atoms with Gasteiger partial charge in [-0.25, -0.2) is 4.79 Å². The standard InChI is InChI=1S/C16H11ClN4O4/c1-7(16(23)24)25-12-3-2-8(4-11(12)17)13-9(5-18)14(20)21-15(22)10(13)6-19/h2-4,7H,1H3,(H,23,24)(H3,20,21,22). The van der Waals surface area contributed by atoms with Gasteiger partial charge in [-0.1, -0.05) is 17.7 Å². The highest BCUT2D eigenvalue weighted by atomic mass is 35.5. The molecular weight excluding hydrogens is 348 g/mol. The number of nitrogen functional groups attached to an aromatic ring is 1. The number of anilines is 1. The second-order valence-corrected chi connectivity index (χ2v) is 5.37. The van der Waals surface area contributed by atoms with Gasteiger partial charge in [-0.15, -0.1) is 0 Å². The fourth-order valence-corrected chi connectivity index (χ4v) is 2.35. The Labute approximate surface area is 146 Å². The predicted molar refractivity (Wildman–Crippen MR) is 89.1 cm³/mol. The van der Waals surface area contributed by atoms with Crippen molar-refractivity contribution in [3.05, 3.63) is 44.7 Å². The number of nitriles is 2. The third-order valence-corrected chi connectivity index (χ3v) is 3.64. The van der Waals surface area contributed by atoms with Crippen LogP contribution in [0.5, 0.6) is 5.75 Å². The minimum Gasteiger partial charge on any atom is -0.479 e. The summed E-state index contributed by atoms with van der Waals surface area (Å²) in [5.74, 6) is -1.23. The van der Waals surface area contributed by atoms with Gasteiger partial charge in [0.2, 0.25) is 0 Å². The Morgan fingerprint density at radius 2 is 2.00 bits per heavy atom. The van der Waals surface area contributed by atoms with Crippen LogP contribution in [0.15, 0.2) is 23.0 Å². The molecule has 0 aliphatic rings. The number of hydrogen-bond donors (Lipinski definition) is 3. The molecule has 1 atom stereocenters. The van der Waals surface area contributed by atoms with Gasteiger partial charge in [-0.05, 0) is 24.6 Å². The van der Waals surface area contributed by atoms with Crippen molar-refractivity contribution >= 4 is 23.4 Å². The minimum absolute atomic E-state index is 0.0472. The molecule has 4 N–H and O–H groups in total. The van der Waals surface area contributed by atoms with Crippen LogP contribution >= 0.6 is 11.6 Å². The number of benzene rings is 1. The summed E-state index contributed by atoms with van der Waals surface area (Å²) < 4.78 is 5.20. The lowest BCUT2D eigenvalue weighted by molar-refractivity contribution is -0.144. The van der Waals surface area contributed by atoms with Crippen molar-refractivity contribution < 1.29 is 14.6 Å². The molecule has 1 aromatic carbocycles. The SMILES string of the molecule is CC(Oc1ccc(-c2c(C#N)c(N)[nH]c(=O)c2C#N)cc1Cl)C(=O)O. The second kappa shape index (κ2) is 6.95. The number of nitrogens with one attached hydrogen (secondary N) is 1. The summed E-state index contributed by atoms with van der Waals surface area (Å²) in [6.45, 7) is 1.34. The Morgan fingerprint density at radius 3 is 2.52 bits per heavy atom. The topological polar surface area (TPSA) is 153 Å². The van der Waals surface area contributed by atoms with E-state index in [1.165, 1.54) is 25.1 Å². The molecule has 1 heterocycles. The lowest BCUT2D eigenvalue weighted by Gasteiger charge is -2.14. The van der Waals surface area contributed by atoms with Crippen molar-refractivity contribution in [2.75, 3.05) is 5.73 Å². The fraction of sp³-hybridized carbons (Fsp3) is 0.125. The highest BCUT2D eigenvalue weighted by Crippen LogP contribution is 2.34. The van der Waals surface area contributed by atoms with Crippen molar-refractivity contribution in [3.63, 3.8) is 0 Å². The van der Waals surface area contributed by atoms with Crippen LogP contribution in [0.3, 0.4) is 0 Å². The molecule has 0 saturated carbocycles. The molecule has 0 radical (unpaired) electrons. The first-order chi connectivity index (χ1) is 11.8. The maximum absolute atomic E-state index is 11.9. The lowest BCUT2D eigenvalue weighted by Crippen LogP contribution is -2.23. The second-order valence-electron chi connectivity index (χ2n) is 4.96. The molecule has 2 rings (SSSR count). The van der Waals surface area contributed by atoms with Crippen molar-refractivity contribution in [3.8, 4) is 29.0 Å². The Kier molecular flexibility index (Phi) is 4.97. The number of rotatable bonds is 4. The smallest absolute Gasteiger partial charge is 0.344 e. The van der Waals surface area contributed by atoms with E-state index in [0.717, 1.165) is 0 Å². The van der Waals surface area contributed by atoms with Gasteiger partial charge >= 0.3 is 5.97 Å². The van der Waals surface area contributed by atoms with Crippen LogP contribution in [0.4, 0.5) is 5.82 Å².